The first-order chi connectivity index (χ1) is 9.79. The number of rotatable bonds is 3. The number of carbonyl (C=O) groups is 1. The Balaban J connectivity index is 2.47. The van der Waals surface area contributed by atoms with Crippen LogP contribution in [0.15, 0.2) is 30.5 Å². The fraction of sp³-hybridized carbons (Fsp3) is 0.412. The molecule has 0 aliphatic carbocycles. The molecule has 112 valence electrons. The average Bonchev–Trinajstić information content (AvgIpc) is 2.42. The molecule has 1 N–H and O–H groups in total. The summed E-state index contributed by atoms with van der Waals surface area (Å²) in [5, 5.41) is 4.44. The van der Waals surface area contributed by atoms with Gasteiger partial charge in [-0.05, 0) is 17.5 Å². The molecular formula is C17H23N3O. The van der Waals surface area contributed by atoms with Crippen LogP contribution in [0.25, 0.3) is 10.9 Å². The predicted octanol–water partition coefficient (Wildman–Crippen LogP) is 3.39. The minimum Gasteiger partial charge on any atom is -0.384 e. The minimum absolute atomic E-state index is 0.0268. The molecule has 4 heteroatoms. The van der Waals surface area contributed by atoms with E-state index in [0.717, 1.165) is 23.1 Å². The van der Waals surface area contributed by atoms with E-state index >= 15 is 0 Å². The van der Waals surface area contributed by atoms with Gasteiger partial charge in [0, 0.05) is 37.9 Å². The first kappa shape index (κ1) is 15.3. The Morgan fingerprint density at radius 1 is 1.24 bits per heavy atom. The third kappa shape index (κ3) is 3.51. The lowest BCUT2D eigenvalue weighted by molar-refractivity contribution is 0.0829. The second-order valence-electron chi connectivity index (χ2n) is 6.67. The molecule has 21 heavy (non-hydrogen) atoms. The maximum Gasteiger partial charge on any atom is 0.255 e. The van der Waals surface area contributed by atoms with Crippen molar-refractivity contribution in [1.82, 2.24) is 9.88 Å². The summed E-state index contributed by atoms with van der Waals surface area (Å²) in [4.78, 5) is 18.2. The molecular weight excluding hydrogens is 262 g/mol. The number of nitrogens with one attached hydrogen (secondary N) is 1. The van der Waals surface area contributed by atoms with Gasteiger partial charge in [-0.2, -0.15) is 0 Å². The van der Waals surface area contributed by atoms with Gasteiger partial charge in [0.2, 0.25) is 0 Å². The van der Waals surface area contributed by atoms with Crippen molar-refractivity contribution in [3.8, 4) is 0 Å². The zero-order valence-electron chi connectivity index (χ0n) is 13.4. The molecule has 0 unspecified atom stereocenters. The van der Waals surface area contributed by atoms with Crippen molar-refractivity contribution in [2.45, 2.75) is 20.8 Å². The highest BCUT2D eigenvalue weighted by Crippen LogP contribution is 2.26. The number of para-hydroxylation sites is 1. The van der Waals surface area contributed by atoms with E-state index in [1.165, 1.54) is 0 Å². The molecule has 0 saturated heterocycles. The number of amides is 1. The normalized spacial score (nSPS) is 11.5. The maximum atomic E-state index is 12.3. The molecule has 4 nitrogen and oxygen atoms in total. The molecule has 0 aliphatic heterocycles. The fourth-order valence-corrected chi connectivity index (χ4v) is 2.10. The van der Waals surface area contributed by atoms with E-state index in [4.69, 9.17) is 0 Å². The van der Waals surface area contributed by atoms with Gasteiger partial charge < -0.3 is 10.2 Å². The monoisotopic (exact) mass is 285 g/mol. The summed E-state index contributed by atoms with van der Waals surface area (Å²) in [6, 6.07) is 7.69. The molecule has 1 aromatic heterocycles. The average molecular weight is 285 g/mol. The van der Waals surface area contributed by atoms with Crippen LogP contribution in [0.2, 0.25) is 0 Å². The third-order valence-electron chi connectivity index (χ3n) is 3.22. The Morgan fingerprint density at radius 2 is 1.95 bits per heavy atom. The van der Waals surface area contributed by atoms with Crippen molar-refractivity contribution < 1.29 is 4.79 Å². The summed E-state index contributed by atoms with van der Waals surface area (Å²) in [6.45, 7) is 7.41. The molecule has 1 amide bonds. The van der Waals surface area contributed by atoms with Crippen LogP contribution < -0.4 is 5.32 Å². The predicted molar refractivity (Wildman–Crippen MR) is 87.7 cm³/mol. The van der Waals surface area contributed by atoms with Gasteiger partial charge in [-0.25, -0.2) is 0 Å². The van der Waals surface area contributed by atoms with Gasteiger partial charge in [-0.3, -0.25) is 9.78 Å². The highest BCUT2D eigenvalue weighted by atomic mass is 16.2. The number of anilines is 1. The van der Waals surface area contributed by atoms with Crippen LogP contribution in [0.4, 0.5) is 5.69 Å². The van der Waals surface area contributed by atoms with Gasteiger partial charge in [0.25, 0.3) is 5.91 Å². The largest absolute Gasteiger partial charge is 0.384 e. The summed E-state index contributed by atoms with van der Waals surface area (Å²) in [7, 11) is 3.51. The van der Waals surface area contributed by atoms with Gasteiger partial charge >= 0.3 is 0 Å². The number of carbonyl (C=O) groups excluding carboxylic acids is 1. The Labute approximate surface area is 126 Å². The van der Waals surface area contributed by atoms with Crippen LogP contribution in [0.3, 0.4) is 0 Å². The van der Waals surface area contributed by atoms with Gasteiger partial charge in [0.1, 0.15) is 0 Å². The van der Waals surface area contributed by atoms with Crippen LogP contribution >= 0.6 is 0 Å². The van der Waals surface area contributed by atoms with Crippen LogP contribution in [0.1, 0.15) is 31.1 Å². The maximum absolute atomic E-state index is 12.3. The number of hydrogen-bond acceptors (Lipinski definition) is 3. The highest BCUT2D eigenvalue weighted by Gasteiger charge is 2.15. The van der Waals surface area contributed by atoms with Gasteiger partial charge in [0.05, 0.1) is 11.1 Å². The minimum atomic E-state index is -0.0268. The highest BCUT2D eigenvalue weighted by molar-refractivity contribution is 6.07. The smallest absolute Gasteiger partial charge is 0.255 e. The van der Waals surface area contributed by atoms with Crippen molar-refractivity contribution >= 4 is 22.5 Å². The topological polar surface area (TPSA) is 45.2 Å². The quantitative estimate of drug-likeness (QED) is 0.940. The van der Waals surface area contributed by atoms with Crippen LogP contribution in [-0.4, -0.2) is 36.4 Å². The molecule has 1 aromatic carbocycles. The molecule has 0 aliphatic rings. The molecule has 0 atom stereocenters. The Bertz CT molecular complexity index is 657. The van der Waals surface area contributed by atoms with Gasteiger partial charge in [0.15, 0.2) is 0 Å². The van der Waals surface area contributed by atoms with Crippen molar-refractivity contribution in [2.24, 2.45) is 5.41 Å². The molecule has 2 rings (SSSR count). The van der Waals surface area contributed by atoms with E-state index in [1.807, 2.05) is 24.3 Å². The standard InChI is InChI=1S/C17H23N3O/c1-17(2,3)11-19-14-9-10-18-15-12(14)7-6-8-13(15)16(21)20(4)5/h6-10H,11H2,1-5H3,(H,18,19). The van der Waals surface area contributed by atoms with Crippen molar-refractivity contribution in [3.63, 3.8) is 0 Å². The summed E-state index contributed by atoms with van der Waals surface area (Å²) >= 11 is 0. The zero-order chi connectivity index (χ0) is 15.6. The molecule has 0 bridgehead atoms. The Morgan fingerprint density at radius 3 is 2.57 bits per heavy atom. The number of benzene rings is 1. The van der Waals surface area contributed by atoms with Gasteiger partial charge in [-0.1, -0.05) is 32.9 Å². The van der Waals surface area contributed by atoms with E-state index in [-0.39, 0.29) is 11.3 Å². The lowest BCUT2D eigenvalue weighted by Crippen LogP contribution is -2.22. The first-order valence-electron chi connectivity index (χ1n) is 7.13. The molecule has 1 heterocycles. The van der Waals surface area contributed by atoms with E-state index < -0.39 is 0 Å². The van der Waals surface area contributed by atoms with E-state index in [1.54, 1.807) is 25.2 Å². The number of aromatic nitrogens is 1. The second kappa shape index (κ2) is 5.72. The first-order valence-corrected chi connectivity index (χ1v) is 7.13. The van der Waals surface area contributed by atoms with Crippen molar-refractivity contribution in [2.75, 3.05) is 26.0 Å². The molecule has 2 aromatic rings. The van der Waals surface area contributed by atoms with E-state index in [9.17, 15) is 4.79 Å². The number of hydrogen-bond donors (Lipinski definition) is 1. The lowest BCUT2D eigenvalue weighted by Gasteiger charge is -2.20. The van der Waals surface area contributed by atoms with Crippen molar-refractivity contribution in [1.29, 1.82) is 0 Å². The van der Waals surface area contributed by atoms with E-state index in [2.05, 4.69) is 31.1 Å². The summed E-state index contributed by atoms with van der Waals surface area (Å²) < 4.78 is 0. The SMILES string of the molecule is CN(C)C(=O)c1cccc2c(NCC(C)(C)C)ccnc12. The molecule has 0 saturated carbocycles. The van der Waals surface area contributed by atoms with Crippen LogP contribution in [0.5, 0.6) is 0 Å². The molecule has 0 fully saturated rings. The van der Waals surface area contributed by atoms with Crippen molar-refractivity contribution in [3.05, 3.63) is 36.0 Å². The number of nitrogens with zero attached hydrogens (tertiary/aromatic N) is 2. The Hall–Kier alpha value is -2.10. The lowest BCUT2D eigenvalue weighted by atomic mass is 9.96. The zero-order valence-corrected chi connectivity index (χ0v) is 13.4. The summed E-state index contributed by atoms with van der Waals surface area (Å²) in [6.07, 6.45) is 1.75. The van der Waals surface area contributed by atoms with Crippen LogP contribution in [-0.2, 0) is 0 Å². The van der Waals surface area contributed by atoms with Gasteiger partial charge in [-0.15, -0.1) is 0 Å². The molecule has 0 spiro atoms. The molecule has 0 radical (unpaired) electrons. The fourth-order valence-electron chi connectivity index (χ4n) is 2.10. The van der Waals surface area contributed by atoms with E-state index in [0.29, 0.717) is 5.56 Å². The third-order valence-corrected chi connectivity index (χ3v) is 3.22. The van der Waals surface area contributed by atoms with Crippen LogP contribution in [0, 0.1) is 5.41 Å². The second-order valence-corrected chi connectivity index (χ2v) is 6.67. The summed E-state index contributed by atoms with van der Waals surface area (Å²) in [5.41, 5.74) is 2.59. The Kier molecular flexibility index (Phi) is 4.16. The summed E-state index contributed by atoms with van der Waals surface area (Å²) in [5.74, 6) is -0.0268. The number of pyridine rings is 1. The number of fused-ring (bicyclic) bond motifs is 1.